The molecule has 5 rings (SSSR count). The van der Waals surface area contributed by atoms with E-state index in [1.165, 1.54) is 24.4 Å². The Kier molecular flexibility index (Phi) is 5.91. The van der Waals surface area contributed by atoms with Gasteiger partial charge < -0.3 is 13.9 Å². The van der Waals surface area contributed by atoms with Crippen LogP contribution < -0.4 is 15.0 Å². The smallest absolute Gasteiger partial charge is 0.282 e. The molecule has 36 heavy (non-hydrogen) atoms. The molecule has 0 atom stereocenters. The Hall–Kier alpha value is -4.99. The second-order valence-corrected chi connectivity index (χ2v) is 7.71. The maximum atomic E-state index is 13.5. The first-order chi connectivity index (χ1) is 17.5. The molecular formula is C26H20N4O6. The van der Waals surface area contributed by atoms with Crippen LogP contribution in [0.25, 0.3) is 33.5 Å². The summed E-state index contributed by atoms with van der Waals surface area (Å²) in [5.41, 5.74) is 0.806. The number of nitro groups is 1. The Labute approximate surface area is 204 Å². The number of fused-ring (bicyclic) bond motifs is 2. The van der Waals surface area contributed by atoms with E-state index in [-0.39, 0.29) is 11.5 Å². The van der Waals surface area contributed by atoms with Crippen molar-refractivity contribution in [1.82, 2.24) is 9.66 Å². The number of nitrogens with zero attached hydrogens (tertiary/aromatic N) is 4. The molecule has 3 aromatic carbocycles. The van der Waals surface area contributed by atoms with Gasteiger partial charge in [-0.3, -0.25) is 14.9 Å². The molecule has 180 valence electrons. The number of methoxy groups -OCH3 is 1. The molecule has 10 nitrogen and oxygen atoms in total. The minimum atomic E-state index is -0.510. The number of hydrogen-bond acceptors (Lipinski definition) is 8. The fourth-order valence-electron chi connectivity index (χ4n) is 3.87. The fraction of sp³-hybridized carbons (Fsp3) is 0.115. The highest BCUT2D eigenvalue weighted by atomic mass is 16.6. The van der Waals surface area contributed by atoms with Crippen LogP contribution in [0.1, 0.15) is 12.5 Å². The lowest BCUT2D eigenvalue weighted by Crippen LogP contribution is -2.20. The first-order valence-electron chi connectivity index (χ1n) is 11.0. The second-order valence-electron chi connectivity index (χ2n) is 7.71. The van der Waals surface area contributed by atoms with Gasteiger partial charge >= 0.3 is 0 Å². The summed E-state index contributed by atoms with van der Waals surface area (Å²) in [5.74, 6) is 1.47. The van der Waals surface area contributed by atoms with E-state index in [0.29, 0.717) is 51.3 Å². The summed E-state index contributed by atoms with van der Waals surface area (Å²) < 4.78 is 18.1. The van der Waals surface area contributed by atoms with Crippen molar-refractivity contribution in [1.29, 1.82) is 0 Å². The van der Waals surface area contributed by atoms with Crippen LogP contribution in [0.4, 0.5) is 5.69 Å². The van der Waals surface area contributed by atoms with Gasteiger partial charge in [-0.15, -0.1) is 0 Å². The zero-order chi connectivity index (χ0) is 25.2. The van der Waals surface area contributed by atoms with Crippen LogP contribution in [-0.2, 0) is 0 Å². The highest BCUT2D eigenvalue weighted by molar-refractivity contribution is 5.89. The highest BCUT2D eigenvalue weighted by Crippen LogP contribution is 2.33. The second kappa shape index (κ2) is 9.34. The highest BCUT2D eigenvalue weighted by Gasteiger charge is 2.18. The SMILES string of the molecule is CCOc1ccc([N+](=O)[O-])cc1C=Nn1c(-c2cc3c(OC)cccc3o2)nc2ccccc2c1=O. The Morgan fingerprint density at radius 3 is 2.69 bits per heavy atom. The summed E-state index contributed by atoms with van der Waals surface area (Å²) in [6, 6.07) is 18.2. The topological polar surface area (TPSA) is 122 Å². The number of furan rings is 1. The summed E-state index contributed by atoms with van der Waals surface area (Å²) in [7, 11) is 1.56. The number of hydrogen-bond donors (Lipinski definition) is 0. The van der Waals surface area contributed by atoms with Gasteiger partial charge in [0.1, 0.15) is 17.1 Å². The van der Waals surface area contributed by atoms with E-state index < -0.39 is 10.5 Å². The largest absolute Gasteiger partial charge is 0.496 e. The average Bonchev–Trinajstić information content (AvgIpc) is 3.33. The molecule has 0 aliphatic carbocycles. The average molecular weight is 484 g/mol. The lowest BCUT2D eigenvalue weighted by Gasteiger charge is -2.09. The van der Waals surface area contributed by atoms with Crippen molar-refractivity contribution in [2.45, 2.75) is 6.92 Å². The molecule has 0 bridgehead atoms. The van der Waals surface area contributed by atoms with Gasteiger partial charge in [0.25, 0.3) is 11.2 Å². The van der Waals surface area contributed by atoms with Crippen molar-refractivity contribution < 1.29 is 18.8 Å². The van der Waals surface area contributed by atoms with Crippen LogP contribution in [0.15, 0.2) is 81.0 Å². The van der Waals surface area contributed by atoms with Crippen LogP contribution in [0.2, 0.25) is 0 Å². The van der Waals surface area contributed by atoms with Crippen molar-refractivity contribution in [2.24, 2.45) is 5.10 Å². The molecule has 0 fully saturated rings. The van der Waals surface area contributed by atoms with E-state index >= 15 is 0 Å². The van der Waals surface area contributed by atoms with Crippen molar-refractivity contribution in [3.63, 3.8) is 0 Å². The van der Waals surface area contributed by atoms with Gasteiger partial charge in [-0.2, -0.15) is 9.78 Å². The number of benzene rings is 3. The summed E-state index contributed by atoms with van der Waals surface area (Å²) in [5, 5.41) is 16.8. The zero-order valence-corrected chi connectivity index (χ0v) is 19.4. The molecule has 0 spiro atoms. The van der Waals surface area contributed by atoms with Crippen LogP contribution >= 0.6 is 0 Å². The first kappa shape index (κ1) is 22.8. The third-order valence-corrected chi connectivity index (χ3v) is 5.53. The molecule has 0 aliphatic heterocycles. The summed E-state index contributed by atoms with van der Waals surface area (Å²) in [4.78, 5) is 28.9. The third kappa shape index (κ3) is 4.05. The van der Waals surface area contributed by atoms with E-state index in [4.69, 9.17) is 13.9 Å². The first-order valence-corrected chi connectivity index (χ1v) is 11.0. The monoisotopic (exact) mass is 484 g/mol. The van der Waals surface area contributed by atoms with Crippen molar-refractivity contribution >= 4 is 33.8 Å². The summed E-state index contributed by atoms with van der Waals surface area (Å²) in [6.07, 6.45) is 1.34. The molecule has 0 aliphatic rings. The Morgan fingerprint density at radius 1 is 1.08 bits per heavy atom. The summed E-state index contributed by atoms with van der Waals surface area (Å²) >= 11 is 0. The zero-order valence-electron chi connectivity index (χ0n) is 19.4. The number of non-ortho nitro benzene ring substituents is 1. The van der Waals surface area contributed by atoms with Gasteiger partial charge in [0.15, 0.2) is 5.76 Å². The molecule has 2 aromatic heterocycles. The molecule has 0 saturated heterocycles. The molecule has 0 N–H and O–H groups in total. The van der Waals surface area contributed by atoms with Gasteiger partial charge in [-0.25, -0.2) is 4.98 Å². The number of aromatic nitrogens is 2. The Balaban J connectivity index is 1.73. The van der Waals surface area contributed by atoms with Crippen LogP contribution in [0, 0.1) is 10.1 Å². The standard InChI is InChI=1S/C26H20N4O6/c1-3-35-21-12-11-17(30(32)33)13-16(21)15-27-29-25(28-20-8-5-4-7-18(20)26(29)31)24-14-19-22(34-2)9-6-10-23(19)36-24/h4-15H,3H2,1-2H3. The van der Waals surface area contributed by atoms with E-state index in [2.05, 4.69) is 10.1 Å². The molecule has 0 amide bonds. The van der Waals surface area contributed by atoms with Crippen molar-refractivity contribution in [3.8, 4) is 23.1 Å². The molecule has 0 unspecified atom stereocenters. The fourth-order valence-corrected chi connectivity index (χ4v) is 3.87. The van der Waals surface area contributed by atoms with Crippen molar-refractivity contribution in [3.05, 3.63) is 92.8 Å². The minimum absolute atomic E-state index is 0.131. The van der Waals surface area contributed by atoms with E-state index in [0.717, 1.165) is 4.68 Å². The van der Waals surface area contributed by atoms with Crippen LogP contribution in [0.5, 0.6) is 11.5 Å². The van der Waals surface area contributed by atoms with E-state index in [9.17, 15) is 14.9 Å². The van der Waals surface area contributed by atoms with Gasteiger partial charge in [0.2, 0.25) is 5.82 Å². The maximum absolute atomic E-state index is 13.5. The number of nitro benzene ring substituents is 1. The van der Waals surface area contributed by atoms with E-state index in [1.54, 1.807) is 62.6 Å². The Morgan fingerprint density at radius 2 is 1.92 bits per heavy atom. The van der Waals surface area contributed by atoms with Gasteiger partial charge in [-0.05, 0) is 43.3 Å². The van der Waals surface area contributed by atoms with Crippen molar-refractivity contribution in [2.75, 3.05) is 13.7 Å². The van der Waals surface area contributed by atoms with Crippen LogP contribution in [-0.4, -0.2) is 34.5 Å². The summed E-state index contributed by atoms with van der Waals surface area (Å²) in [6.45, 7) is 2.15. The molecular weight excluding hydrogens is 464 g/mol. The molecule has 0 saturated carbocycles. The molecule has 10 heteroatoms. The Bertz CT molecular complexity index is 1700. The minimum Gasteiger partial charge on any atom is -0.496 e. The normalized spacial score (nSPS) is 11.4. The number of rotatable bonds is 7. The lowest BCUT2D eigenvalue weighted by atomic mass is 10.2. The van der Waals surface area contributed by atoms with Crippen LogP contribution in [0.3, 0.4) is 0 Å². The maximum Gasteiger partial charge on any atom is 0.282 e. The number of ether oxygens (including phenoxy) is 2. The quantitative estimate of drug-likeness (QED) is 0.181. The third-order valence-electron chi connectivity index (χ3n) is 5.53. The van der Waals surface area contributed by atoms with Gasteiger partial charge in [0.05, 0.1) is 41.1 Å². The molecule has 0 radical (unpaired) electrons. The predicted octanol–water partition coefficient (Wildman–Crippen LogP) is 5.01. The number of para-hydroxylation sites is 1. The lowest BCUT2D eigenvalue weighted by molar-refractivity contribution is -0.384. The molecule has 2 heterocycles. The molecule has 5 aromatic rings. The predicted molar refractivity (Wildman–Crippen MR) is 135 cm³/mol. The van der Waals surface area contributed by atoms with Gasteiger partial charge in [-0.1, -0.05) is 18.2 Å². The van der Waals surface area contributed by atoms with Gasteiger partial charge in [0, 0.05) is 17.7 Å². The van der Waals surface area contributed by atoms with E-state index in [1.807, 2.05) is 0 Å².